The number of hydrogen-bond acceptors (Lipinski definition) is 20. The molecule has 3 aliphatic heterocycles. The number of aromatic hydroxyl groups is 3. The molecule has 4 heterocycles. The second-order valence-electron chi connectivity index (χ2n) is 12.9. The highest BCUT2D eigenvalue weighted by atomic mass is 16.8. The molecule has 0 radical (unpaired) electrons. The molecule has 12 N–H and O–H groups in total. The van der Waals surface area contributed by atoms with Gasteiger partial charge in [-0.05, 0) is 31.2 Å². The van der Waals surface area contributed by atoms with E-state index in [4.69, 9.17) is 32.8 Å². The van der Waals surface area contributed by atoms with E-state index < -0.39 is 133 Å². The van der Waals surface area contributed by atoms with Gasteiger partial charge in [-0.15, -0.1) is 0 Å². The largest absolute Gasteiger partial charge is 0.508 e. The van der Waals surface area contributed by atoms with Gasteiger partial charge in [0.1, 0.15) is 89.3 Å². The second-order valence-corrected chi connectivity index (χ2v) is 12.9. The Morgan fingerprint density at radius 1 is 0.642 bits per heavy atom. The summed E-state index contributed by atoms with van der Waals surface area (Å²) in [5.74, 6) is -2.26. The van der Waals surface area contributed by atoms with E-state index in [9.17, 15) is 66.1 Å². The topological polar surface area (TPSA) is 328 Å². The van der Waals surface area contributed by atoms with Crippen LogP contribution in [0.3, 0.4) is 0 Å². The second kappa shape index (κ2) is 15.6. The maximum Gasteiger partial charge on any atom is 0.239 e. The molecule has 3 aliphatic rings. The molecule has 3 aromatic rings. The zero-order chi connectivity index (χ0) is 38.5. The molecule has 0 spiro atoms. The quantitative estimate of drug-likeness (QED) is 0.100. The van der Waals surface area contributed by atoms with E-state index >= 15 is 0 Å². The third-order valence-corrected chi connectivity index (χ3v) is 9.31. The minimum Gasteiger partial charge on any atom is -0.508 e. The van der Waals surface area contributed by atoms with Gasteiger partial charge in [0.05, 0.1) is 19.3 Å². The van der Waals surface area contributed by atoms with Crippen LogP contribution in [-0.2, 0) is 23.7 Å². The third-order valence-electron chi connectivity index (χ3n) is 9.31. The molecule has 292 valence electrons. The molecule has 15 atom stereocenters. The summed E-state index contributed by atoms with van der Waals surface area (Å²) in [6.45, 7) is -0.271. The highest BCUT2D eigenvalue weighted by Crippen LogP contribution is 2.39. The van der Waals surface area contributed by atoms with Crippen molar-refractivity contribution >= 4 is 11.0 Å². The van der Waals surface area contributed by atoms with Gasteiger partial charge in [0.2, 0.25) is 17.5 Å². The molecule has 20 nitrogen and oxygen atoms in total. The molecule has 1 aromatic heterocycles. The van der Waals surface area contributed by atoms with E-state index in [-0.39, 0.29) is 22.7 Å². The first kappa shape index (κ1) is 39.0. The van der Waals surface area contributed by atoms with Crippen molar-refractivity contribution < 1.29 is 94.1 Å². The lowest BCUT2D eigenvalue weighted by Gasteiger charge is -2.47. The molecule has 0 saturated carbocycles. The van der Waals surface area contributed by atoms with Crippen LogP contribution in [0.25, 0.3) is 22.3 Å². The van der Waals surface area contributed by atoms with Crippen LogP contribution in [0.1, 0.15) is 6.92 Å². The van der Waals surface area contributed by atoms with Gasteiger partial charge in [-0.1, -0.05) is 0 Å². The molecule has 0 amide bonds. The monoisotopic (exact) mass is 756 g/mol. The lowest BCUT2D eigenvalue weighted by atomic mass is 9.96. The van der Waals surface area contributed by atoms with Crippen molar-refractivity contribution in [1.29, 1.82) is 0 Å². The van der Waals surface area contributed by atoms with Gasteiger partial charge >= 0.3 is 0 Å². The highest BCUT2D eigenvalue weighted by Gasteiger charge is 2.53. The average molecular weight is 757 g/mol. The van der Waals surface area contributed by atoms with Gasteiger partial charge in [-0.3, -0.25) is 4.79 Å². The van der Waals surface area contributed by atoms with Crippen LogP contribution in [0.2, 0.25) is 0 Å². The summed E-state index contributed by atoms with van der Waals surface area (Å²) in [5.41, 5.74) is -1.15. The minimum absolute atomic E-state index is 0.139. The van der Waals surface area contributed by atoms with Crippen LogP contribution >= 0.6 is 0 Å². The van der Waals surface area contributed by atoms with Crippen LogP contribution in [0.4, 0.5) is 0 Å². The van der Waals surface area contributed by atoms with Crippen LogP contribution in [-0.4, -0.2) is 167 Å². The predicted octanol–water partition coefficient (Wildman–Crippen LogP) is -3.57. The van der Waals surface area contributed by atoms with E-state index in [1.165, 1.54) is 31.2 Å². The van der Waals surface area contributed by atoms with Crippen molar-refractivity contribution in [2.24, 2.45) is 0 Å². The van der Waals surface area contributed by atoms with Crippen molar-refractivity contribution in [3.05, 3.63) is 46.6 Å². The fourth-order valence-electron chi connectivity index (χ4n) is 6.39. The van der Waals surface area contributed by atoms with E-state index in [0.717, 1.165) is 12.1 Å². The Balaban J connectivity index is 1.30. The normalized spacial score (nSPS) is 37.8. The minimum atomic E-state index is -2.01. The number of hydrogen-bond donors (Lipinski definition) is 12. The fraction of sp³-hybridized carbons (Fsp3) is 0.545. The maximum absolute atomic E-state index is 13.9. The standard InChI is InChI=1S/C33H40O20/c1-10-27(51-32-25(45)22(42)19(39)16(8-34)49-32)24(44)26(46)31(47-10)53-30-23(43)20(40)17(9-35)50-33(30)52-29-21(41)18-14(38)6-13(37)7-15(18)48-28(29)11-2-4-12(36)5-3-11/h2-7,10,16-17,19-20,22-27,30-40,42-46H,8-9H2,1H3/t10-,16+,17+,19+,20+,22-,23-,24-,25+,26-,27-,30+,31-,32-,33-/m0/s1. The number of aliphatic hydroxyl groups is 9. The van der Waals surface area contributed by atoms with Crippen molar-refractivity contribution in [3.63, 3.8) is 0 Å². The van der Waals surface area contributed by atoms with E-state index in [1.807, 2.05) is 0 Å². The number of phenolic OH excluding ortho intramolecular Hbond substituents is 3. The first-order valence-corrected chi connectivity index (χ1v) is 16.4. The number of ether oxygens (including phenoxy) is 6. The Kier molecular flexibility index (Phi) is 11.5. The molecule has 2 aromatic carbocycles. The van der Waals surface area contributed by atoms with Gasteiger partial charge in [-0.2, -0.15) is 0 Å². The number of rotatable bonds is 9. The average Bonchev–Trinajstić information content (AvgIpc) is 3.12. The van der Waals surface area contributed by atoms with Crippen LogP contribution < -0.4 is 10.2 Å². The molecular formula is C33H40O20. The Bertz CT molecular complexity index is 1780. The summed E-state index contributed by atoms with van der Waals surface area (Å²) in [7, 11) is 0. The van der Waals surface area contributed by atoms with Gasteiger partial charge in [-0.25, -0.2) is 0 Å². The number of aliphatic hydroxyl groups excluding tert-OH is 9. The lowest BCUT2D eigenvalue weighted by Crippen LogP contribution is -2.66. The first-order chi connectivity index (χ1) is 25.1. The number of benzene rings is 2. The summed E-state index contributed by atoms with van der Waals surface area (Å²) in [6, 6.07) is 7.14. The molecule has 53 heavy (non-hydrogen) atoms. The summed E-state index contributed by atoms with van der Waals surface area (Å²) in [4.78, 5) is 13.9. The predicted molar refractivity (Wildman–Crippen MR) is 171 cm³/mol. The SMILES string of the molecule is C[C@@H]1O[C@@H](O[C@H]2[C@H](Oc3c(-c4ccc(O)cc4)oc4cc(O)cc(O)c4c3=O)O[C@H](CO)[C@@H](O)[C@@H]2O)[C@@H](O)[C@H](O)[C@H]1O[C@@H]1O[C@H](CO)[C@@H](O)[C@H](O)[C@H]1O. The van der Waals surface area contributed by atoms with Crippen molar-refractivity contribution in [1.82, 2.24) is 0 Å². The van der Waals surface area contributed by atoms with Crippen molar-refractivity contribution in [2.75, 3.05) is 13.2 Å². The molecular weight excluding hydrogens is 716 g/mol. The Hall–Kier alpha value is -3.71. The molecule has 6 rings (SSSR count). The zero-order valence-electron chi connectivity index (χ0n) is 27.7. The fourth-order valence-corrected chi connectivity index (χ4v) is 6.39. The number of phenols is 3. The Morgan fingerprint density at radius 2 is 1.19 bits per heavy atom. The van der Waals surface area contributed by atoms with Crippen LogP contribution in [0, 0.1) is 0 Å². The summed E-state index contributed by atoms with van der Waals surface area (Å²) in [5, 5.41) is 124. The van der Waals surface area contributed by atoms with Crippen molar-refractivity contribution in [2.45, 2.75) is 99.0 Å². The first-order valence-electron chi connectivity index (χ1n) is 16.4. The van der Waals surface area contributed by atoms with Gasteiger partial charge in [0.15, 0.2) is 24.4 Å². The van der Waals surface area contributed by atoms with Gasteiger partial charge in [0, 0.05) is 17.7 Å². The van der Waals surface area contributed by atoms with E-state index in [0.29, 0.717) is 0 Å². The third kappa shape index (κ3) is 7.39. The molecule has 20 heteroatoms. The Labute approximate surface area is 298 Å². The Morgan fingerprint density at radius 3 is 1.83 bits per heavy atom. The zero-order valence-corrected chi connectivity index (χ0v) is 27.7. The highest BCUT2D eigenvalue weighted by molar-refractivity contribution is 5.88. The summed E-state index contributed by atoms with van der Waals surface area (Å²) < 4.78 is 40.1. The molecule has 0 unspecified atom stereocenters. The van der Waals surface area contributed by atoms with E-state index in [1.54, 1.807) is 0 Å². The summed E-state index contributed by atoms with van der Waals surface area (Å²) in [6.07, 6.45) is -26.0. The lowest BCUT2D eigenvalue weighted by molar-refractivity contribution is -0.376. The van der Waals surface area contributed by atoms with Gasteiger partial charge < -0.3 is 94.1 Å². The summed E-state index contributed by atoms with van der Waals surface area (Å²) >= 11 is 0. The molecule has 0 aliphatic carbocycles. The van der Waals surface area contributed by atoms with Crippen LogP contribution in [0.5, 0.6) is 23.0 Å². The van der Waals surface area contributed by atoms with Crippen molar-refractivity contribution in [3.8, 4) is 34.3 Å². The number of fused-ring (bicyclic) bond motifs is 1. The molecule has 3 fully saturated rings. The smallest absolute Gasteiger partial charge is 0.239 e. The van der Waals surface area contributed by atoms with E-state index in [2.05, 4.69) is 0 Å². The molecule has 3 saturated heterocycles. The maximum atomic E-state index is 13.9. The van der Waals surface area contributed by atoms with Crippen LogP contribution in [0.15, 0.2) is 45.6 Å². The van der Waals surface area contributed by atoms with Gasteiger partial charge in [0.25, 0.3) is 0 Å². The molecule has 0 bridgehead atoms.